The minimum atomic E-state index is -5.08. The number of fused-ring (bicyclic) bond motifs is 1. The Balaban J connectivity index is 0.000000768. The molecule has 3 aromatic heterocycles. The first kappa shape index (κ1) is 42.5. The third-order valence-corrected chi connectivity index (χ3v) is 10.4. The molecule has 14 nitrogen and oxygen atoms in total. The van der Waals surface area contributed by atoms with Crippen LogP contribution in [0.3, 0.4) is 0 Å². The number of hydrogen-bond donors (Lipinski definition) is 4. The molecular weight excluding hydrogens is 770 g/mol. The molecule has 1 atom stereocenters. The quantitative estimate of drug-likeness (QED) is 0.118. The predicted octanol–water partition coefficient (Wildman–Crippen LogP) is 6.19. The number of halogens is 3. The number of aryl methyl sites for hydroxylation is 1. The Kier molecular flexibility index (Phi) is 12.8. The highest BCUT2D eigenvalue weighted by Crippen LogP contribution is 2.31. The van der Waals surface area contributed by atoms with Crippen LogP contribution in [0.5, 0.6) is 0 Å². The molecule has 4 N–H and O–H groups in total. The molecule has 17 heteroatoms. The molecule has 312 valence electrons. The summed E-state index contributed by atoms with van der Waals surface area (Å²) >= 11 is 0. The largest absolute Gasteiger partial charge is 0.490 e. The fraction of sp³-hybridized carbons (Fsp3) is 0.405. The van der Waals surface area contributed by atoms with Crippen LogP contribution < -0.4 is 16.0 Å². The zero-order valence-electron chi connectivity index (χ0n) is 33.2. The molecule has 5 aromatic rings. The van der Waals surface area contributed by atoms with Crippen LogP contribution in [0.1, 0.15) is 91.1 Å². The number of nitrogens with zero attached hydrogens (tertiary/aromatic N) is 5. The highest BCUT2D eigenvalue weighted by molar-refractivity contribution is 6.01. The van der Waals surface area contributed by atoms with E-state index in [1.165, 1.54) is 11.1 Å². The van der Waals surface area contributed by atoms with E-state index in [0.717, 1.165) is 72.4 Å². The SMILES string of the molecule is Cc1cc(-c2ccnn3cc(CCN4CCC(c5ccc(NC6CCC(=O)NC6=O)cc5)CC4)cc23)ccc1CNC(=O)c1noc(C(C)(C)C)n1.O=C(O)C(F)(F)F. The molecule has 3 amide bonds. The van der Waals surface area contributed by atoms with Crippen molar-refractivity contribution in [3.05, 3.63) is 101 Å². The number of carboxylic acid groups (broad SMARTS) is 1. The van der Waals surface area contributed by atoms with Crippen molar-refractivity contribution in [3.63, 3.8) is 0 Å². The van der Waals surface area contributed by atoms with E-state index in [1.807, 2.05) is 43.6 Å². The van der Waals surface area contributed by atoms with Gasteiger partial charge in [-0.1, -0.05) is 56.3 Å². The van der Waals surface area contributed by atoms with E-state index in [4.69, 9.17) is 14.4 Å². The molecule has 2 saturated heterocycles. The highest BCUT2D eigenvalue weighted by atomic mass is 19.4. The number of anilines is 1. The van der Waals surface area contributed by atoms with E-state index in [1.54, 1.807) is 0 Å². The number of carbonyl (C=O) groups excluding carboxylic acids is 3. The lowest BCUT2D eigenvalue weighted by atomic mass is 9.89. The number of nitrogens with one attached hydrogen (secondary N) is 3. The molecule has 7 rings (SSSR count). The van der Waals surface area contributed by atoms with E-state index >= 15 is 0 Å². The fourth-order valence-electron chi connectivity index (χ4n) is 7.05. The van der Waals surface area contributed by atoms with Crippen molar-refractivity contribution in [2.75, 3.05) is 25.0 Å². The van der Waals surface area contributed by atoms with Gasteiger partial charge in [0.05, 0.1) is 5.52 Å². The normalized spacial score (nSPS) is 16.6. The Bertz CT molecular complexity index is 2310. The number of rotatable bonds is 10. The van der Waals surface area contributed by atoms with Gasteiger partial charge in [-0.15, -0.1) is 0 Å². The van der Waals surface area contributed by atoms with Gasteiger partial charge < -0.3 is 25.2 Å². The summed E-state index contributed by atoms with van der Waals surface area (Å²) < 4.78 is 39.0. The molecule has 5 heterocycles. The third kappa shape index (κ3) is 10.9. The maximum Gasteiger partial charge on any atom is 0.490 e. The average Bonchev–Trinajstić information content (AvgIpc) is 3.87. The van der Waals surface area contributed by atoms with Gasteiger partial charge in [0.25, 0.3) is 11.7 Å². The first-order valence-electron chi connectivity index (χ1n) is 19.4. The zero-order chi connectivity index (χ0) is 42.5. The van der Waals surface area contributed by atoms with Crippen molar-refractivity contribution in [2.45, 2.75) is 89.9 Å². The van der Waals surface area contributed by atoms with Crippen LogP contribution in [0, 0.1) is 6.92 Å². The van der Waals surface area contributed by atoms with Gasteiger partial charge in [0.1, 0.15) is 6.04 Å². The van der Waals surface area contributed by atoms with Crippen molar-refractivity contribution >= 4 is 34.9 Å². The van der Waals surface area contributed by atoms with E-state index in [-0.39, 0.29) is 35.0 Å². The maximum atomic E-state index is 12.7. The molecule has 0 spiro atoms. The van der Waals surface area contributed by atoms with Crippen LogP contribution in [-0.4, -0.2) is 85.3 Å². The highest BCUT2D eigenvalue weighted by Gasteiger charge is 2.38. The predicted molar refractivity (Wildman–Crippen MR) is 212 cm³/mol. The standard InChI is InChI=1S/C40H46N8O4.C2HF3O2/c1-25-21-29(5-6-30(25)23-41-38(51)36-45-39(52-46-36)40(2,3)4)32-13-17-42-48-24-26(22-34(32)48)14-18-47-19-15-28(16-20-47)27-7-9-31(10-8-27)43-33-11-12-35(49)44-37(33)50;3-2(4,5)1(6)7/h5-10,13,17,21-22,24,28,33,43H,11-12,14-16,18-20,23H2,1-4H3,(H,41,51)(H,44,49,50);(H,6,7). The van der Waals surface area contributed by atoms with Gasteiger partial charge in [-0.05, 0) is 104 Å². The van der Waals surface area contributed by atoms with E-state index in [0.29, 0.717) is 31.2 Å². The topological polar surface area (TPSA) is 184 Å². The van der Waals surface area contributed by atoms with Crippen molar-refractivity contribution < 1.29 is 42.0 Å². The van der Waals surface area contributed by atoms with Crippen molar-refractivity contribution in [3.8, 4) is 11.1 Å². The molecule has 0 radical (unpaired) electrons. The molecule has 59 heavy (non-hydrogen) atoms. The second-order valence-corrected chi connectivity index (χ2v) is 15.9. The van der Waals surface area contributed by atoms with Gasteiger partial charge in [-0.2, -0.15) is 23.3 Å². The number of likely N-dealkylation sites (tertiary alicyclic amines) is 1. The second-order valence-electron chi connectivity index (χ2n) is 15.9. The molecular formula is C42H47F3N8O6. The molecule has 1 unspecified atom stereocenters. The number of piperidine rings is 2. The van der Waals surface area contributed by atoms with E-state index < -0.39 is 12.1 Å². The van der Waals surface area contributed by atoms with Crippen molar-refractivity contribution in [1.29, 1.82) is 0 Å². The lowest BCUT2D eigenvalue weighted by Gasteiger charge is -2.32. The molecule has 0 saturated carbocycles. The second kappa shape index (κ2) is 17.8. The monoisotopic (exact) mass is 816 g/mol. The summed E-state index contributed by atoms with van der Waals surface area (Å²) in [4.78, 5) is 51.9. The number of aliphatic carboxylic acids is 1. The number of imide groups is 1. The minimum Gasteiger partial charge on any atom is -0.475 e. The Hall–Kier alpha value is -6.10. The third-order valence-electron chi connectivity index (χ3n) is 10.4. The number of benzene rings is 2. The van der Waals surface area contributed by atoms with Crippen LogP contribution in [0.4, 0.5) is 18.9 Å². The Morgan fingerprint density at radius 3 is 2.34 bits per heavy atom. The van der Waals surface area contributed by atoms with Crippen LogP contribution in [0.25, 0.3) is 16.6 Å². The number of aromatic nitrogens is 4. The number of alkyl halides is 3. The van der Waals surface area contributed by atoms with Gasteiger partial charge in [0.15, 0.2) is 0 Å². The van der Waals surface area contributed by atoms with Gasteiger partial charge in [0.2, 0.25) is 17.7 Å². The van der Waals surface area contributed by atoms with Crippen LogP contribution >= 0.6 is 0 Å². The maximum absolute atomic E-state index is 12.7. The van der Waals surface area contributed by atoms with Crippen LogP contribution in [0.2, 0.25) is 0 Å². The molecule has 2 aliphatic heterocycles. The van der Waals surface area contributed by atoms with Gasteiger partial charge in [-0.25, -0.2) is 9.31 Å². The first-order valence-corrected chi connectivity index (χ1v) is 19.4. The smallest absolute Gasteiger partial charge is 0.475 e. The first-order chi connectivity index (χ1) is 27.9. The van der Waals surface area contributed by atoms with Crippen LogP contribution in [0.15, 0.2) is 71.5 Å². The summed E-state index contributed by atoms with van der Waals surface area (Å²) in [5.41, 5.74) is 8.53. The number of carboxylic acids is 1. The zero-order valence-corrected chi connectivity index (χ0v) is 33.2. The van der Waals surface area contributed by atoms with E-state index in [2.05, 4.69) is 91.7 Å². The van der Waals surface area contributed by atoms with E-state index in [9.17, 15) is 27.6 Å². The van der Waals surface area contributed by atoms with Gasteiger partial charge in [-0.3, -0.25) is 19.7 Å². The summed E-state index contributed by atoms with van der Waals surface area (Å²) in [6.07, 6.45) is 2.94. The summed E-state index contributed by atoms with van der Waals surface area (Å²) in [5.74, 6) is -2.59. The summed E-state index contributed by atoms with van der Waals surface area (Å²) in [5, 5.41) is 24.2. The van der Waals surface area contributed by atoms with Gasteiger partial charge >= 0.3 is 12.1 Å². The fourth-order valence-corrected chi connectivity index (χ4v) is 7.05. The molecule has 2 aromatic carbocycles. The summed E-state index contributed by atoms with van der Waals surface area (Å²) in [6.45, 7) is 11.4. The van der Waals surface area contributed by atoms with Crippen molar-refractivity contribution in [1.82, 2.24) is 35.3 Å². The molecule has 0 aliphatic carbocycles. The molecule has 0 bridgehead atoms. The summed E-state index contributed by atoms with van der Waals surface area (Å²) in [7, 11) is 0. The average molecular weight is 817 g/mol. The van der Waals surface area contributed by atoms with Crippen molar-refractivity contribution in [2.24, 2.45) is 0 Å². The number of hydrogen-bond acceptors (Lipinski definition) is 10. The van der Waals surface area contributed by atoms with Crippen LogP contribution in [-0.2, 0) is 32.8 Å². The summed E-state index contributed by atoms with van der Waals surface area (Å²) in [6, 6.07) is 18.7. The Morgan fingerprint density at radius 2 is 1.71 bits per heavy atom. The Labute approximate surface area is 338 Å². The number of amides is 3. The lowest BCUT2D eigenvalue weighted by molar-refractivity contribution is -0.192. The Morgan fingerprint density at radius 1 is 1.00 bits per heavy atom. The molecule has 2 aliphatic rings. The lowest BCUT2D eigenvalue weighted by Crippen LogP contribution is -2.47. The number of carbonyl (C=O) groups is 4. The molecule has 2 fully saturated rings. The van der Waals surface area contributed by atoms with Gasteiger partial charge in [0, 0.05) is 48.6 Å². The minimum absolute atomic E-state index is 0.0390.